The van der Waals surface area contributed by atoms with Crippen molar-refractivity contribution in [2.45, 2.75) is 13.1 Å². The zero-order valence-electron chi connectivity index (χ0n) is 17.6. The van der Waals surface area contributed by atoms with Crippen LogP contribution >= 0.6 is 27.5 Å². The van der Waals surface area contributed by atoms with E-state index in [0.717, 1.165) is 16.8 Å². The minimum Gasteiger partial charge on any atom is -0.491 e. The summed E-state index contributed by atoms with van der Waals surface area (Å²) in [4.78, 5) is 17.7. The van der Waals surface area contributed by atoms with E-state index in [1.807, 2.05) is 6.92 Å². The molecular formula is C24H16BrClF3N3O2. The predicted octanol–water partition coefficient (Wildman–Crippen LogP) is 6.78. The molecule has 0 N–H and O–H groups in total. The number of nitrogens with zero attached hydrogens (tertiary/aromatic N) is 3. The lowest BCUT2D eigenvalue weighted by Gasteiger charge is -2.12. The van der Waals surface area contributed by atoms with E-state index in [1.54, 1.807) is 36.4 Å². The number of alkyl halides is 3. The molecule has 34 heavy (non-hydrogen) atoms. The van der Waals surface area contributed by atoms with Crippen LogP contribution in [0.3, 0.4) is 0 Å². The van der Waals surface area contributed by atoms with Crippen molar-refractivity contribution in [3.63, 3.8) is 0 Å². The summed E-state index contributed by atoms with van der Waals surface area (Å²) in [5, 5.41) is 4.88. The van der Waals surface area contributed by atoms with Crippen LogP contribution in [0.1, 0.15) is 18.1 Å². The van der Waals surface area contributed by atoms with Crippen molar-refractivity contribution in [2.75, 3.05) is 6.61 Å². The molecular weight excluding hydrogens is 535 g/mol. The number of hydrogen-bond donors (Lipinski definition) is 0. The van der Waals surface area contributed by atoms with Crippen LogP contribution in [0.15, 0.2) is 75.0 Å². The molecule has 0 amide bonds. The van der Waals surface area contributed by atoms with Crippen LogP contribution in [-0.2, 0) is 6.18 Å². The van der Waals surface area contributed by atoms with Crippen molar-refractivity contribution >= 4 is 44.6 Å². The van der Waals surface area contributed by atoms with Crippen LogP contribution in [0.2, 0.25) is 5.02 Å². The molecule has 0 unspecified atom stereocenters. The maximum absolute atomic E-state index is 13.3. The highest BCUT2D eigenvalue weighted by Crippen LogP contribution is 2.34. The standard InChI is InChI=1S/C24H16BrClF3N3O2/c1-2-34-21-18(25)10-14(11-19(21)26)13-30-32-22(15-6-5-7-16(12-15)24(27,28)29)31-20-9-4-3-8-17(20)23(32)33/h3-13H,2H2,1H3. The fraction of sp³-hybridized carbons (Fsp3) is 0.125. The maximum Gasteiger partial charge on any atom is 0.416 e. The molecule has 0 fully saturated rings. The predicted molar refractivity (Wildman–Crippen MR) is 130 cm³/mol. The van der Waals surface area contributed by atoms with Gasteiger partial charge in [-0.25, -0.2) is 4.98 Å². The Morgan fingerprint density at radius 1 is 1.15 bits per heavy atom. The van der Waals surface area contributed by atoms with Crippen LogP contribution in [0.25, 0.3) is 22.3 Å². The quantitative estimate of drug-likeness (QED) is 0.258. The molecule has 0 aliphatic rings. The van der Waals surface area contributed by atoms with Crippen LogP contribution in [0.5, 0.6) is 5.75 Å². The molecule has 0 saturated carbocycles. The molecule has 0 aliphatic heterocycles. The van der Waals surface area contributed by atoms with Gasteiger partial charge in [0.25, 0.3) is 5.56 Å². The first-order chi connectivity index (χ1) is 16.2. The molecule has 0 saturated heterocycles. The zero-order chi connectivity index (χ0) is 24.5. The summed E-state index contributed by atoms with van der Waals surface area (Å²) >= 11 is 9.68. The van der Waals surface area contributed by atoms with Crippen molar-refractivity contribution in [2.24, 2.45) is 5.10 Å². The number of ether oxygens (including phenoxy) is 1. The first kappa shape index (κ1) is 24.0. The molecule has 3 aromatic carbocycles. The third-order valence-corrected chi connectivity index (χ3v) is 5.70. The van der Waals surface area contributed by atoms with Crippen LogP contribution < -0.4 is 10.3 Å². The lowest BCUT2D eigenvalue weighted by atomic mass is 10.1. The second-order valence-electron chi connectivity index (χ2n) is 7.14. The van der Waals surface area contributed by atoms with Gasteiger partial charge >= 0.3 is 6.18 Å². The second-order valence-corrected chi connectivity index (χ2v) is 8.40. The maximum atomic E-state index is 13.3. The SMILES string of the molecule is CCOc1c(Cl)cc(C=Nn2c(-c3cccc(C(F)(F)F)c3)nc3ccccc3c2=O)cc1Br. The Labute approximate surface area is 205 Å². The van der Waals surface area contributed by atoms with Gasteiger partial charge < -0.3 is 4.74 Å². The van der Waals surface area contributed by atoms with Gasteiger partial charge in [0.1, 0.15) is 0 Å². The Bertz CT molecular complexity index is 1450. The number of benzene rings is 3. The highest BCUT2D eigenvalue weighted by Gasteiger charge is 2.31. The topological polar surface area (TPSA) is 56.5 Å². The van der Waals surface area contributed by atoms with Gasteiger partial charge in [-0.05, 0) is 64.8 Å². The van der Waals surface area contributed by atoms with Gasteiger partial charge in [-0.1, -0.05) is 35.9 Å². The molecule has 1 aromatic heterocycles. The van der Waals surface area contributed by atoms with E-state index in [2.05, 4.69) is 26.0 Å². The first-order valence-electron chi connectivity index (χ1n) is 10.0. The zero-order valence-corrected chi connectivity index (χ0v) is 19.9. The lowest BCUT2D eigenvalue weighted by Crippen LogP contribution is -2.20. The molecule has 0 aliphatic carbocycles. The van der Waals surface area contributed by atoms with Gasteiger partial charge in [-0.2, -0.15) is 22.9 Å². The van der Waals surface area contributed by atoms with Crippen LogP contribution in [0.4, 0.5) is 13.2 Å². The summed E-state index contributed by atoms with van der Waals surface area (Å²) in [6.45, 7) is 2.25. The van der Waals surface area contributed by atoms with Gasteiger partial charge in [0, 0.05) is 5.56 Å². The second kappa shape index (κ2) is 9.60. The summed E-state index contributed by atoms with van der Waals surface area (Å²) in [5.41, 5.74) is -0.398. The van der Waals surface area contributed by atoms with E-state index in [4.69, 9.17) is 16.3 Å². The number of para-hydroxylation sites is 1. The van der Waals surface area contributed by atoms with E-state index in [-0.39, 0.29) is 16.8 Å². The Morgan fingerprint density at radius 3 is 2.62 bits per heavy atom. The number of aromatic nitrogens is 2. The minimum absolute atomic E-state index is 0.0258. The number of fused-ring (bicyclic) bond motifs is 1. The van der Waals surface area contributed by atoms with Gasteiger partial charge in [-0.3, -0.25) is 4.79 Å². The average Bonchev–Trinajstić information content (AvgIpc) is 2.80. The van der Waals surface area contributed by atoms with Gasteiger partial charge in [0.05, 0.1) is 38.8 Å². The summed E-state index contributed by atoms with van der Waals surface area (Å²) in [5.74, 6) is 0.442. The van der Waals surface area contributed by atoms with E-state index in [9.17, 15) is 18.0 Å². The number of hydrogen-bond acceptors (Lipinski definition) is 4. The largest absolute Gasteiger partial charge is 0.491 e. The monoisotopic (exact) mass is 549 g/mol. The van der Waals surface area contributed by atoms with Gasteiger partial charge in [0.15, 0.2) is 11.6 Å². The smallest absolute Gasteiger partial charge is 0.416 e. The summed E-state index contributed by atoms with van der Waals surface area (Å²) in [6.07, 6.45) is -3.17. The van der Waals surface area contributed by atoms with Crippen molar-refractivity contribution in [3.05, 3.63) is 91.6 Å². The first-order valence-corrected chi connectivity index (χ1v) is 11.2. The molecule has 5 nitrogen and oxygen atoms in total. The highest BCUT2D eigenvalue weighted by molar-refractivity contribution is 9.10. The van der Waals surface area contributed by atoms with Crippen molar-refractivity contribution in [1.29, 1.82) is 0 Å². The average molecular weight is 551 g/mol. The number of rotatable bonds is 5. The van der Waals surface area contributed by atoms with E-state index < -0.39 is 17.3 Å². The molecule has 0 atom stereocenters. The third kappa shape index (κ3) is 4.85. The van der Waals surface area contributed by atoms with Crippen molar-refractivity contribution in [3.8, 4) is 17.1 Å². The molecule has 0 bridgehead atoms. The van der Waals surface area contributed by atoms with Crippen molar-refractivity contribution in [1.82, 2.24) is 9.66 Å². The lowest BCUT2D eigenvalue weighted by molar-refractivity contribution is -0.137. The van der Waals surface area contributed by atoms with E-state index in [1.165, 1.54) is 18.3 Å². The molecule has 4 aromatic rings. The van der Waals surface area contributed by atoms with Crippen LogP contribution in [0, 0.1) is 0 Å². The Hall–Kier alpha value is -3.17. The molecule has 0 radical (unpaired) electrons. The van der Waals surface area contributed by atoms with E-state index in [0.29, 0.717) is 32.9 Å². The fourth-order valence-corrected chi connectivity index (χ4v) is 4.30. The normalized spacial score (nSPS) is 11.9. The molecule has 10 heteroatoms. The fourth-order valence-electron chi connectivity index (χ4n) is 3.31. The van der Waals surface area contributed by atoms with Crippen molar-refractivity contribution < 1.29 is 17.9 Å². The Morgan fingerprint density at radius 2 is 1.91 bits per heavy atom. The van der Waals surface area contributed by atoms with Crippen LogP contribution in [-0.4, -0.2) is 22.5 Å². The summed E-state index contributed by atoms with van der Waals surface area (Å²) in [7, 11) is 0. The Balaban J connectivity index is 1.89. The molecule has 174 valence electrons. The van der Waals surface area contributed by atoms with Gasteiger partial charge in [-0.15, -0.1) is 0 Å². The van der Waals surface area contributed by atoms with E-state index >= 15 is 0 Å². The molecule has 0 spiro atoms. The number of halogens is 5. The molecule has 1 heterocycles. The third-order valence-electron chi connectivity index (χ3n) is 4.83. The summed E-state index contributed by atoms with van der Waals surface area (Å²) < 4.78 is 47.0. The minimum atomic E-state index is -4.55. The summed E-state index contributed by atoms with van der Waals surface area (Å²) in [6, 6.07) is 14.5. The molecule has 4 rings (SSSR count). The highest BCUT2D eigenvalue weighted by atomic mass is 79.9. The van der Waals surface area contributed by atoms with Gasteiger partial charge in [0.2, 0.25) is 0 Å². The Kier molecular flexibility index (Phi) is 6.77.